The quantitative estimate of drug-likeness (QED) is 0.395. The molecule has 5 rings (SSSR count). The van der Waals surface area contributed by atoms with Crippen LogP contribution in [-0.2, 0) is 15.3 Å². The van der Waals surface area contributed by atoms with Crippen LogP contribution in [0, 0.1) is 0 Å². The number of benzene rings is 3. The SMILES string of the molecule is COc1ccc(-c2cc(C3(c4ccc(Cl)c(C(N)=O)c4)OCCO3)nn2-c2ccc(OC)cc2)cc1. The third-order valence-corrected chi connectivity index (χ3v) is 6.38. The van der Waals surface area contributed by atoms with Gasteiger partial charge in [0.05, 0.1) is 49.4 Å². The first-order valence-corrected chi connectivity index (χ1v) is 11.6. The first kappa shape index (κ1) is 23.9. The average molecular weight is 506 g/mol. The molecule has 2 heterocycles. The lowest BCUT2D eigenvalue weighted by atomic mass is 9.99. The summed E-state index contributed by atoms with van der Waals surface area (Å²) >= 11 is 6.21. The molecule has 4 aromatic rings. The number of methoxy groups -OCH3 is 2. The van der Waals surface area contributed by atoms with E-state index in [4.69, 9.17) is 41.4 Å². The predicted molar refractivity (Wildman–Crippen MR) is 135 cm³/mol. The van der Waals surface area contributed by atoms with Crippen LogP contribution in [0.3, 0.4) is 0 Å². The van der Waals surface area contributed by atoms with Gasteiger partial charge in [-0.3, -0.25) is 4.79 Å². The van der Waals surface area contributed by atoms with Gasteiger partial charge in [-0.1, -0.05) is 17.7 Å². The number of halogens is 1. The largest absolute Gasteiger partial charge is 0.497 e. The highest BCUT2D eigenvalue weighted by Gasteiger charge is 2.44. The molecular weight excluding hydrogens is 482 g/mol. The van der Waals surface area contributed by atoms with Crippen molar-refractivity contribution in [3.8, 4) is 28.4 Å². The molecule has 1 amide bonds. The van der Waals surface area contributed by atoms with E-state index in [0.29, 0.717) is 24.5 Å². The molecule has 1 aromatic heterocycles. The van der Waals surface area contributed by atoms with Gasteiger partial charge in [0, 0.05) is 11.1 Å². The van der Waals surface area contributed by atoms with Gasteiger partial charge in [-0.15, -0.1) is 0 Å². The number of hydrogen-bond donors (Lipinski definition) is 1. The number of rotatable bonds is 7. The van der Waals surface area contributed by atoms with Gasteiger partial charge in [0.2, 0.25) is 11.7 Å². The van der Waals surface area contributed by atoms with Gasteiger partial charge in [-0.2, -0.15) is 5.10 Å². The Labute approximate surface area is 213 Å². The Morgan fingerprint density at radius 2 is 1.56 bits per heavy atom. The first-order valence-electron chi connectivity index (χ1n) is 11.2. The molecule has 1 aliphatic rings. The van der Waals surface area contributed by atoms with Gasteiger partial charge >= 0.3 is 0 Å². The van der Waals surface area contributed by atoms with Gasteiger partial charge in [0.25, 0.3) is 0 Å². The molecule has 1 fully saturated rings. The summed E-state index contributed by atoms with van der Waals surface area (Å²) in [5, 5.41) is 5.18. The normalized spacial score (nSPS) is 14.5. The molecule has 1 aliphatic heterocycles. The maximum atomic E-state index is 12.0. The van der Waals surface area contributed by atoms with Crippen molar-refractivity contribution in [2.24, 2.45) is 5.73 Å². The molecule has 0 aliphatic carbocycles. The Kier molecular flexibility index (Phi) is 6.40. The van der Waals surface area contributed by atoms with Gasteiger partial charge in [0.1, 0.15) is 17.2 Å². The first-order chi connectivity index (χ1) is 17.4. The summed E-state index contributed by atoms with van der Waals surface area (Å²) in [6, 6.07) is 22.1. The van der Waals surface area contributed by atoms with Crippen LogP contribution in [-0.4, -0.2) is 43.1 Å². The minimum atomic E-state index is -1.34. The van der Waals surface area contributed by atoms with Crippen LogP contribution >= 0.6 is 11.6 Å². The number of nitrogens with zero attached hydrogens (tertiary/aromatic N) is 2. The molecule has 36 heavy (non-hydrogen) atoms. The molecule has 9 heteroatoms. The van der Waals surface area contributed by atoms with Crippen molar-refractivity contribution in [3.05, 3.63) is 94.6 Å². The molecule has 0 saturated carbocycles. The smallest absolute Gasteiger partial charge is 0.250 e. The highest BCUT2D eigenvalue weighted by atomic mass is 35.5. The van der Waals surface area contributed by atoms with E-state index in [1.54, 1.807) is 32.4 Å². The lowest BCUT2D eigenvalue weighted by Crippen LogP contribution is -2.30. The molecule has 0 radical (unpaired) electrons. The van der Waals surface area contributed by atoms with Gasteiger partial charge in [0.15, 0.2) is 0 Å². The van der Waals surface area contributed by atoms with E-state index >= 15 is 0 Å². The minimum Gasteiger partial charge on any atom is -0.497 e. The van der Waals surface area contributed by atoms with E-state index in [0.717, 1.165) is 28.4 Å². The van der Waals surface area contributed by atoms with Crippen LogP contribution in [0.15, 0.2) is 72.8 Å². The lowest BCUT2D eigenvalue weighted by Gasteiger charge is -2.26. The number of amides is 1. The Bertz CT molecular complexity index is 1330. The molecule has 0 spiro atoms. The van der Waals surface area contributed by atoms with Crippen molar-refractivity contribution in [2.45, 2.75) is 5.79 Å². The van der Waals surface area contributed by atoms with Crippen LogP contribution in [0.2, 0.25) is 5.02 Å². The van der Waals surface area contributed by atoms with E-state index in [2.05, 4.69) is 0 Å². The molecule has 3 aromatic carbocycles. The minimum absolute atomic E-state index is 0.178. The maximum Gasteiger partial charge on any atom is 0.250 e. The summed E-state index contributed by atoms with van der Waals surface area (Å²) in [6.07, 6.45) is 0. The zero-order valence-corrected chi connectivity index (χ0v) is 20.5. The average Bonchev–Trinajstić information content (AvgIpc) is 3.58. The molecule has 184 valence electrons. The summed E-state index contributed by atoms with van der Waals surface area (Å²) in [5.74, 6) is -0.504. The van der Waals surface area contributed by atoms with Crippen LogP contribution in [0.4, 0.5) is 0 Å². The molecular formula is C27H24ClN3O5. The number of nitrogens with two attached hydrogens (primary N) is 1. The van der Waals surface area contributed by atoms with Crippen molar-refractivity contribution in [3.63, 3.8) is 0 Å². The van der Waals surface area contributed by atoms with Crippen LogP contribution in [0.25, 0.3) is 16.9 Å². The number of aromatic nitrogens is 2. The number of carbonyl (C=O) groups excluding carboxylic acids is 1. The Hall–Kier alpha value is -3.85. The van der Waals surface area contributed by atoms with Crippen molar-refractivity contribution in [1.82, 2.24) is 9.78 Å². The zero-order valence-electron chi connectivity index (χ0n) is 19.7. The standard InChI is InChI=1S/C27H24ClN3O5/c1-33-20-8-3-17(4-9-20)24-16-25(30-31(24)19-6-10-21(34-2)11-7-19)27(35-13-14-36-27)18-5-12-23(28)22(15-18)26(29)32/h3-12,15-16H,13-14H2,1-2H3,(H2,29,32). The monoisotopic (exact) mass is 505 g/mol. The van der Waals surface area contributed by atoms with Gasteiger partial charge < -0.3 is 24.7 Å². The second kappa shape index (κ2) is 9.66. The van der Waals surface area contributed by atoms with E-state index in [1.807, 2.05) is 59.3 Å². The van der Waals surface area contributed by atoms with E-state index in [1.165, 1.54) is 0 Å². The van der Waals surface area contributed by atoms with Crippen LogP contribution in [0.5, 0.6) is 11.5 Å². The number of primary amides is 1. The van der Waals surface area contributed by atoms with Gasteiger partial charge in [-0.25, -0.2) is 4.68 Å². The van der Waals surface area contributed by atoms with Crippen molar-refractivity contribution in [2.75, 3.05) is 27.4 Å². The van der Waals surface area contributed by atoms with Crippen molar-refractivity contribution >= 4 is 17.5 Å². The second-order valence-corrected chi connectivity index (χ2v) is 8.53. The molecule has 8 nitrogen and oxygen atoms in total. The number of carbonyl (C=O) groups is 1. The maximum absolute atomic E-state index is 12.0. The topological polar surface area (TPSA) is 97.8 Å². The molecule has 0 unspecified atom stereocenters. The lowest BCUT2D eigenvalue weighted by molar-refractivity contribution is -0.133. The highest BCUT2D eigenvalue weighted by Crippen LogP contribution is 2.41. The summed E-state index contributed by atoms with van der Waals surface area (Å²) in [7, 11) is 3.24. The second-order valence-electron chi connectivity index (χ2n) is 8.13. The van der Waals surface area contributed by atoms with Crippen molar-refractivity contribution in [1.29, 1.82) is 0 Å². The third kappa shape index (κ3) is 4.19. The molecule has 1 saturated heterocycles. The fourth-order valence-corrected chi connectivity index (χ4v) is 4.43. The zero-order chi connectivity index (χ0) is 25.3. The predicted octanol–water partition coefficient (Wildman–Crippen LogP) is 4.56. The Balaban J connectivity index is 1.69. The summed E-state index contributed by atoms with van der Waals surface area (Å²) in [5.41, 5.74) is 9.34. The molecule has 0 atom stereocenters. The Morgan fingerprint density at radius 3 is 2.14 bits per heavy atom. The third-order valence-electron chi connectivity index (χ3n) is 6.06. The van der Waals surface area contributed by atoms with E-state index < -0.39 is 11.7 Å². The number of hydrogen-bond acceptors (Lipinski definition) is 6. The summed E-state index contributed by atoms with van der Waals surface area (Å²) in [4.78, 5) is 12.0. The van der Waals surface area contributed by atoms with Crippen LogP contribution < -0.4 is 15.2 Å². The van der Waals surface area contributed by atoms with E-state index in [-0.39, 0.29) is 10.6 Å². The fourth-order valence-electron chi connectivity index (χ4n) is 4.22. The van der Waals surface area contributed by atoms with Crippen molar-refractivity contribution < 1.29 is 23.7 Å². The highest BCUT2D eigenvalue weighted by molar-refractivity contribution is 6.33. The summed E-state index contributed by atoms with van der Waals surface area (Å²) in [6.45, 7) is 0.698. The van der Waals surface area contributed by atoms with Gasteiger partial charge in [-0.05, 0) is 66.7 Å². The summed E-state index contributed by atoms with van der Waals surface area (Å²) < 4.78 is 24.8. The fraction of sp³-hybridized carbons (Fsp3) is 0.185. The number of ether oxygens (including phenoxy) is 4. The Morgan fingerprint density at radius 1 is 0.944 bits per heavy atom. The molecule has 0 bridgehead atoms. The van der Waals surface area contributed by atoms with Crippen LogP contribution in [0.1, 0.15) is 21.6 Å². The van der Waals surface area contributed by atoms with E-state index in [9.17, 15) is 4.79 Å². The molecule has 2 N–H and O–H groups in total.